The van der Waals surface area contributed by atoms with Crippen molar-refractivity contribution in [3.63, 3.8) is 0 Å². The summed E-state index contributed by atoms with van der Waals surface area (Å²) >= 11 is 0. The van der Waals surface area contributed by atoms with Crippen LogP contribution in [0.25, 0.3) is 0 Å². The number of nitrogens with zero attached hydrogens (tertiary/aromatic N) is 2. The molecule has 0 N–H and O–H groups in total. The minimum atomic E-state index is 1.05. The monoisotopic (exact) mass is 138 g/mol. The lowest BCUT2D eigenvalue weighted by Gasteiger charge is -2.16. The molecule has 0 atom stereocenters. The smallest absolute Gasteiger partial charge is 0.0990 e. The molecule has 0 aromatic heterocycles. The molecule has 2 heterocycles. The van der Waals surface area contributed by atoms with Gasteiger partial charge >= 0.3 is 0 Å². The van der Waals surface area contributed by atoms with Gasteiger partial charge in [-0.15, -0.1) is 0 Å². The van der Waals surface area contributed by atoms with Crippen molar-refractivity contribution in [3.05, 3.63) is 0 Å². The third-order valence-corrected chi connectivity index (χ3v) is 2.36. The van der Waals surface area contributed by atoms with Gasteiger partial charge in [0.15, 0.2) is 0 Å². The van der Waals surface area contributed by atoms with E-state index in [2.05, 4.69) is 9.89 Å². The first-order valence-electron chi connectivity index (χ1n) is 4.25. The van der Waals surface area contributed by atoms with Crippen LogP contribution in [0.1, 0.15) is 25.7 Å². The van der Waals surface area contributed by atoms with E-state index in [4.69, 9.17) is 0 Å². The second-order valence-corrected chi connectivity index (χ2v) is 3.10. The highest BCUT2D eigenvalue weighted by Crippen LogP contribution is 2.15. The summed E-state index contributed by atoms with van der Waals surface area (Å²) < 4.78 is 0. The lowest BCUT2D eigenvalue weighted by atomic mass is 10.2. The van der Waals surface area contributed by atoms with Crippen molar-refractivity contribution in [3.8, 4) is 0 Å². The predicted octanol–water partition coefficient (Wildman–Crippen LogP) is 1.27. The van der Waals surface area contributed by atoms with Crippen LogP contribution in [0, 0.1) is 0 Å². The number of fused-ring (bicyclic) bond motifs is 1. The van der Waals surface area contributed by atoms with Crippen molar-refractivity contribution >= 4 is 5.84 Å². The molecule has 2 aliphatic rings. The number of rotatable bonds is 0. The Labute approximate surface area is 61.9 Å². The largest absolute Gasteiger partial charge is 0.359 e. The Morgan fingerprint density at radius 3 is 3.10 bits per heavy atom. The van der Waals surface area contributed by atoms with Gasteiger partial charge in [0.2, 0.25) is 0 Å². The van der Waals surface area contributed by atoms with E-state index in [0.29, 0.717) is 0 Å². The maximum absolute atomic E-state index is 4.46. The van der Waals surface area contributed by atoms with Crippen LogP contribution in [-0.2, 0) is 0 Å². The molecule has 2 heteroatoms. The molecule has 0 bridgehead atoms. The third-order valence-electron chi connectivity index (χ3n) is 2.36. The van der Waals surface area contributed by atoms with Gasteiger partial charge in [-0.3, -0.25) is 4.99 Å². The van der Waals surface area contributed by atoms with Crippen molar-refractivity contribution in [1.29, 1.82) is 0 Å². The van der Waals surface area contributed by atoms with Gasteiger partial charge in [-0.2, -0.15) is 0 Å². The molecule has 10 heavy (non-hydrogen) atoms. The summed E-state index contributed by atoms with van der Waals surface area (Å²) in [5.74, 6) is 1.39. The second kappa shape index (κ2) is 2.60. The maximum Gasteiger partial charge on any atom is 0.0990 e. The fourth-order valence-corrected chi connectivity index (χ4v) is 1.77. The molecule has 0 radical (unpaired) electrons. The van der Waals surface area contributed by atoms with E-state index in [-0.39, 0.29) is 0 Å². The van der Waals surface area contributed by atoms with Crippen LogP contribution in [0.2, 0.25) is 0 Å². The summed E-state index contributed by atoms with van der Waals surface area (Å²) in [5.41, 5.74) is 0. The standard InChI is InChI=1S/C8H14N2/c1-2-4-8-9-5-7-10(8)6-3-1/h1-7H2. The van der Waals surface area contributed by atoms with Crippen LogP contribution < -0.4 is 0 Å². The van der Waals surface area contributed by atoms with Crippen molar-refractivity contribution in [1.82, 2.24) is 4.90 Å². The van der Waals surface area contributed by atoms with E-state index < -0.39 is 0 Å². The topological polar surface area (TPSA) is 15.6 Å². The normalized spacial score (nSPS) is 25.6. The van der Waals surface area contributed by atoms with Gasteiger partial charge in [-0.25, -0.2) is 0 Å². The van der Waals surface area contributed by atoms with E-state index in [1.165, 1.54) is 44.6 Å². The zero-order valence-corrected chi connectivity index (χ0v) is 6.34. The summed E-state index contributed by atoms with van der Waals surface area (Å²) in [6.07, 6.45) is 5.36. The Kier molecular flexibility index (Phi) is 1.61. The molecule has 0 unspecified atom stereocenters. The van der Waals surface area contributed by atoms with Gasteiger partial charge in [0.1, 0.15) is 0 Å². The molecule has 0 spiro atoms. The van der Waals surface area contributed by atoms with Crippen molar-refractivity contribution < 1.29 is 0 Å². The van der Waals surface area contributed by atoms with Gasteiger partial charge in [-0.1, -0.05) is 6.42 Å². The number of hydrogen-bond donors (Lipinski definition) is 0. The maximum atomic E-state index is 4.46. The molecule has 1 saturated heterocycles. The molecule has 0 saturated carbocycles. The fourth-order valence-electron chi connectivity index (χ4n) is 1.77. The summed E-state index contributed by atoms with van der Waals surface area (Å²) in [6, 6.07) is 0. The molecule has 2 aliphatic heterocycles. The molecular weight excluding hydrogens is 124 g/mol. The van der Waals surface area contributed by atoms with Gasteiger partial charge in [0, 0.05) is 19.5 Å². The molecule has 0 aliphatic carbocycles. The van der Waals surface area contributed by atoms with Gasteiger partial charge in [-0.05, 0) is 12.8 Å². The number of amidine groups is 1. The average Bonchev–Trinajstić information content (AvgIpc) is 2.28. The Balaban J connectivity index is 2.06. The predicted molar refractivity (Wildman–Crippen MR) is 42.3 cm³/mol. The SMILES string of the molecule is C1CCC2=NCCN2CC1. The number of aliphatic imine (C=N–C) groups is 1. The average molecular weight is 138 g/mol. The molecule has 0 aromatic carbocycles. The fraction of sp³-hybridized carbons (Fsp3) is 0.875. The first kappa shape index (κ1) is 6.20. The highest BCUT2D eigenvalue weighted by molar-refractivity contribution is 5.83. The minimum Gasteiger partial charge on any atom is -0.359 e. The Morgan fingerprint density at radius 1 is 1.10 bits per heavy atom. The highest BCUT2D eigenvalue weighted by Gasteiger charge is 2.17. The summed E-state index contributed by atoms with van der Waals surface area (Å²) in [4.78, 5) is 6.91. The summed E-state index contributed by atoms with van der Waals surface area (Å²) in [5, 5.41) is 0. The summed E-state index contributed by atoms with van der Waals surface area (Å²) in [6.45, 7) is 3.50. The zero-order valence-electron chi connectivity index (χ0n) is 6.34. The quantitative estimate of drug-likeness (QED) is 0.492. The van der Waals surface area contributed by atoms with E-state index in [1.807, 2.05) is 0 Å². The van der Waals surface area contributed by atoms with Crippen LogP contribution in [-0.4, -0.2) is 30.4 Å². The van der Waals surface area contributed by atoms with Crippen molar-refractivity contribution in [2.75, 3.05) is 19.6 Å². The lowest BCUT2D eigenvalue weighted by Crippen LogP contribution is -2.26. The molecule has 56 valence electrons. The van der Waals surface area contributed by atoms with Crippen LogP contribution >= 0.6 is 0 Å². The Morgan fingerprint density at radius 2 is 2.10 bits per heavy atom. The van der Waals surface area contributed by atoms with Gasteiger partial charge in [0.25, 0.3) is 0 Å². The highest BCUT2D eigenvalue weighted by atomic mass is 15.2. The van der Waals surface area contributed by atoms with Crippen molar-refractivity contribution in [2.45, 2.75) is 25.7 Å². The first-order chi connectivity index (χ1) is 4.97. The molecule has 1 fully saturated rings. The van der Waals surface area contributed by atoms with E-state index in [0.717, 1.165) is 6.54 Å². The van der Waals surface area contributed by atoms with E-state index in [9.17, 15) is 0 Å². The Hall–Kier alpha value is -0.530. The summed E-state index contributed by atoms with van der Waals surface area (Å²) in [7, 11) is 0. The first-order valence-corrected chi connectivity index (χ1v) is 4.25. The molecular formula is C8H14N2. The third kappa shape index (κ3) is 1.02. The van der Waals surface area contributed by atoms with E-state index in [1.54, 1.807) is 0 Å². The van der Waals surface area contributed by atoms with Crippen LogP contribution in [0.15, 0.2) is 4.99 Å². The van der Waals surface area contributed by atoms with E-state index >= 15 is 0 Å². The van der Waals surface area contributed by atoms with Gasteiger partial charge < -0.3 is 4.90 Å². The number of hydrogen-bond acceptors (Lipinski definition) is 2. The van der Waals surface area contributed by atoms with Crippen molar-refractivity contribution in [2.24, 2.45) is 4.99 Å². The molecule has 2 rings (SSSR count). The van der Waals surface area contributed by atoms with Crippen LogP contribution in [0.3, 0.4) is 0 Å². The van der Waals surface area contributed by atoms with Crippen LogP contribution in [0.5, 0.6) is 0 Å². The minimum absolute atomic E-state index is 1.05. The molecule has 0 amide bonds. The zero-order chi connectivity index (χ0) is 6.81. The molecule has 2 nitrogen and oxygen atoms in total. The van der Waals surface area contributed by atoms with Crippen LogP contribution in [0.4, 0.5) is 0 Å². The molecule has 0 aromatic rings. The lowest BCUT2D eigenvalue weighted by molar-refractivity contribution is 0.450. The van der Waals surface area contributed by atoms with Gasteiger partial charge in [0.05, 0.1) is 12.4 Å². The Bertz CT molecular complexity index is 151. The second-order valence-electron chi connectivity index (χ2n) is 3.10.